The van der Waals surface area contributed by atoms with Crippen LogP contribution in [0.5, 0.6) is 5.75 Å². The molecule has 0 heterocycles. The van der Waals surface area contributed by atoms with E-state index in [1.807, 2.05) is 48.5 Å². The quantitative estimate of drug-likeness (QED) is 0.778. The van der Waals surface area contributed by atoms with Gasteiger partial charge in [-0.2, -0.15) is 0 Å². The normalized spacial score (nSPS) is 15.7. The van der Waals surface area contributed by atoms with Crippen LogP contribution in [-0.2, 0) is 5.41 Å². The Morgan fingerprint density at radius 1 is 1.15 bits per heavy atom. The summed E-state index contributed by atoms with van der Waals surface area (Å²) in [4.78, 5) is 13.0. The lowest BCUT2D eigenvalue weighted by Gasteiger charge is -2.16. The number of carbonyl (C=O) groups is 1. The number of ether oxygens (including phenoxy) is 1. The molecule has 0 bridgehead atoms. The van der Waals surface area contributed by atoms with E-state index >= 15 is 0 Å². The highest BCUT2D eigenvalue weighted by molar-refractivity contribution is 9.10. The summed E-state index contributed by atoms with van der Waals surface area (Å²) in [6.45, 7) is 0. The molecular formula is C17H15BrO2. The number of hydrogen-bond donors (Lipinski definition) is 0. The summed E-state index contributed by atoms with van der Waals surface area (Å²) < 4.78 is 6.23. The molecule has 0 unspecified atom stereocenters. The van der Waals surface area contributed by atoms with Gasteiger partial charge in [-0.05, 0) is 36.6 Å². The van der Waals surface area contributed by atoms with E-state index in [0.717, 1.165) is 22.9 Å². The molecule has 20 heavy (non-hydrogen) atoms. The monoisotopic (exact) mass is 330 g/mol. The zero-order valence-corrected chi connectivity index (χ0v) is 12.8. The second-order valence-corrected chi connectivity index (χ2v) is 6.04. The van der Waals surface area contributed by atoms with Crippen molar-refractivity contribution in [3.63, 3.8) is 0 Å². The summed E-state index contributed by atoms with van der Waals surface area (Å²) in [5, 5.41) is 0. The first-order chi connectivity index (χ1) is 9.67. The largest absolute Gasteiger partial charge is 0.496 e. The summed E-state index contributed by atoms with van der Waals surface area (Å²) in [6, 6.07) is 15.6. The molecule has 0 amide bonds. The van der Waals surface area contributed by atoms with Gasteiger partial charge in [-0.15, -0.1) is 0 Å². The van der Waals surface area contributed by atoms with E-state index in [1.165, 1.54) is 0 Å². The Bertz CT molecular complexity index is 645. The van der Waals surface area contributed by atoms with Crippen LogP contribution >= 0.6 is 15.9 Å². The van der Waals surface area contributed by atoms with E-state index in [9.17, 15) is 4.79 Å². The van der Waals surface area contributed by atoms with Crippen LogP contribution in [0.1, 0.15) is 28.8 Å². The number of halogens is 1. The maximum Gasteiger partial charge on any atom is 0.177 e. The molecule has 0 N–H and O–H groups in total. The molecule has 1 aliphatic carbocycles. The van der Waals surface area contributed by atoms with Crippen LogP contribution in [0.4, 0.5) is 0 Å². The molecule has 2 nitrogen and oxygen atoms in total. The van der Waals surface area contributed by atoms with Crippen molar-refractivity contribution in [3.8, 4) is 5.75 Å². The second kappa shape index (κ2) is 5.06. The molecular weight excluding hydrogens is 316 g/mol. The lowest BCUT2D eigenvalue weighted by molar-refractivity contribution is 0.0943. The van der Waals surface area contributed by atoms with Gasteiger partial charge < -0.3 is 4.74 Å². The van der Waals surface area contributed by atoms with Crippen LogP contribution < -0.4 is 4.74 Å². The van der Waals surface area contributed by atoms with Crippen molar-refractivity contribution in [2.75, 3.05) is 7.11 Å². The SMILES string of the molecule is COc1ccc(Br)cc1C(=O)C1(c2ccccc2)CC1. The summed E-state index contributed by atoms with van der Waals surface area (Å²) in [5.41, 5.74) is 1.41. The molecule has 3 heteroatoms. The maximum atomic E-state index is 13.0. The number of hydrogen-bond acceptors (Lipinski definition) is 2. The molecule has 2 aromatic rings. The lowest BCUT2D eigenvalue weighted by atomic mass is 9.87. The Morgan fingerprint density at radius 3 is 2.45 bits per heavy atom. The Morgan fingerprint density at radius 2 is 1.85 bits per heavy atom. The van der Waals surface area contributed by atoms with Gasteiger partial charge in [0.05, 0.1) is 18.1 Å². The van der Waals surface area contributed by atoms with Crippen molar-refractivity contribution in [1.29, 1.82) is 0 Å². The van der Waals surface area contributed by atoms with Gasteiger partial charge in [-0.3, -0.25) is 4.79 Å². The first-order valence-electron chi connectivity index (χ1n) is 6.61. The zero-order chi connectivity index (χ0) is 14.2. The predicted molar refractivity (Wildman–Crippen MR) is 82.4 cm³/mol. The third-order valence-corrected chi connectivity index (χ3v) is 4.41. The highest BCUT2D eigenvalue weighted by atomic mass is 79.9. The van der Waals surface area contributed by atoms with Gasteiger partial charge in [-0.25, -0.2) is 0 Å². The highest BCUT2D eigenvalue weighted by Gasteiger charge is 2.51. The highest BCUT2D eigenvalue weighted by Crippen LogP contribution is 2.51. The van der Waals surface area contributed by atoms with E-state index in [4.69, 9.17) is 4.74 Å². The smallest absolute Gasteiger partial charge is 0.177 e. The lowest BCUT2D eigenvalue weighted by Crippen LogP contribution is -2.21. The summed E-state index contributed by atoms with van der Waals surface area (Å²) in [7, 11) is 1.60. The van der Waals surface area contributed by atoms with Crippen molar-refractivity contribution < 1.29 is 9.53 Å². The van der Waals surface area contributed by atoms with Gasteiger partial charge in [0.25, 0.3) is 0 Å². The van der Waals surface area contributed by atoms with Gasteiger partial charge in [-0.1, -0.05) is 46.3 Å². The number of ketones is 1. The Kier molecular flexibility index (Phi) is 3.38. The average Bonchev–Trinajstić information content (AvgIpc) is 3.29. The van der Waals surface area contributed by atoms with Gasteiger partial charge >= 0.3 is 0 Å². The van der Waals surface area contributed by atoms with E-state index < -0.39 is 0 Å². The zero-order valence-electron chi connectivity index (χ0n) is 11.2. The van der Waals surface area contributed by atoms with Gasteiger partial charge in [0.15, 0.2) is 5.78 Å². The molecule has 1 fully saturated rings. The Hall–Kier alpha value is -1.61. The van der Waals surface area contributed by atoms with Crippen molar-refractivity contribution in [2.45, 2.75) is 18.3 Å². The molecule has 0 saturated heterocycles. The molecule has 0 spiro atoms. The van der Waals surface area contributed by atoms with E-state index in [2.05, 4.69) is 15.9 Å². The first kappa shape index (κ1) is 13.4. The van der Waals surface area contributed by atoms with Crippen LogP contribution in [0.15, 0.2) is 53.0 Å². The third kappa shape index (κ3) is 2.16. The van der Waals surface area contributed by atoms with Crippen molar-refractivity contribution in [3.05, 3.63) is 64.1 Å². The fourth-order valence-corrected chi connectivity index (χ4v) is 3.01. The molecule has 0 atom stereocenters. The molecule has 1 saturated carbocycles. The van der Waals surface area contributed by atoms with Crippen molar-refractivity contribution >= 4 is 21.7 Å². The molecule has 102 valence electrons. The van der Waals surface area contributed by atoms with Crippen LogP contribution in [0.3, 0.4) is 0 Å². The van der Waals surface area contributed by atoms with Gasteiger partial charge in [0, 0.05) is 4.47 Å². The van der Waals surface area contributed by atoms with Gasteiger partial charge in [0.1, 0.15) is 5.75 Å². The number of Topliss-reactive ketones (excluding diaryl/α,β-unsaturated/α-hetero) is 1. The molecule has 0 aliphatic heterocycles. The number of methoxy groups -OCH3 is 1. The first-order valence-corrected chi connectivity index (χ1v) is 7.40. The summed E-state index contributed by atoms with van der Waals surface area (Å²) in [6.07, 6.45) is 1.82. The summed E-state index contributed by atoms with van der Waals surface area (Å²) in [5.74, 6) is 0.794. The standard InChI is InChI=1S/C17H15BrO2/c1-20-15-8-7-13(18)11-14(15)16(19)17(9-10-17)12-5-3-2-4-6-12/h2-8,11H,9-10H2,1H3. The minimum Gasteiger partial charge on any atom is -0.496 e. The van der Waals surface area contributed by atoms with Crippen molar-refractivity contribution in [1.82, 2.24) is 0 Å². The van der Waals surface area contributed by atoms with Crippen LogP contribution in [0.2, 0.25) is 0 Å². The Balaban J connectivity index is 2.04. The van der Waals surface area contributed by atoms with Crippen LogP contribution in [-0.4, -0.2) is 12.9 Å². The van der Waals surface area contributed by atoms with Crippen LogP contribution in [0.25, 0.3) is 0 Å². The van der Waals surface area contributed by atoms with Crippen molar-refractivity contribution in [2.24, 2.45) is 0 Å². The predicted octanol–water partition coefficient (Wildman–Crippen LogP) is 4.37. The summed E-state index contributed by atoms with van der Waals surface area (Å²) >= 11 is 3.43. The minimum absolute atomic E-state index is 0.154. The van der Waals surface area contributed by atoms with E-state index in [0.29, 0.717) is 11.3 Å². The van der Waals surface area contributed by atoms with Crippen LogP contribution in [0, 0.1) is 0 Å². The van der Waals surface area contributed by atoms with E-state index in [1.54, 1.807) is 7.11 Å². The molecule has 0 radical (unpaired) electrons. The molecule has 3 rings (SSSR count). The Labute approximate surface area is 126 Å². The minimum atomic E-state index is -0.352. The fraction of sp³-hybridized carbons (Fsp3) is 0.235. The number of benzene rings is 2. The molecule has 1 aliphatic rings. The molecule has 0 aromatic heterocycles. The number of rotatable bonds is 4. The second-order valence-electron chi connectivity index (χ2n) is 5.12. The number of carbonyl (C=O) groups excluding carboxylic acids is 1. The maximum absolute atomic E-state index is 13.0. The van der Waals surface area contributed by atoms with E-state index in [-0.39, 0.29) is 11.2 Å². The average molecular weight is 331 g/mol. The fourth-order valence-electron chi connectivity index (χ4n) is 2.64. The van der Waals surface area contributed by atoms with Gasteiger partial charge in [0.2, 0.25) is 0 Å². The third-order valence-electron chi connectivity index (χ3n) is 3.92. The topological polar surface area (TPSA) is 26.3 Å². The molecule has 2 aromatic carbocycles.